The number of carbonyl (C=O) groups excluding carboxylic acids is 1. The molecule has 0 aromatic heterocycles. The number of hydrogen-bond donors (Lipinski definition) is 2. The van der Waals surface area contributed by atoms with E-state index in [1.807, 2.05) is 0 Å². The van der Waals surface area contributed by atoms with Crippen LogP contribution in [0, 0.1) is 11.6 Å². The maximum atomic E-state index is 13.0. The van der Waals surface area contributed by atoms with Crippen molar-refractivity contribution >= 4 is 24.4 Å². The molecule has 0 spiro atoms. The summed E-state index contributed by atoms with van der Waals surface area (Å²) >= 11 is 0. The van der Waals surface area contributed by atoms with E-state index in [0.717, 1.165) is 12.1 Å². The molecule has 0 unspecified atom stereocenters. The van der Waals surface area contributed by atoms with Gasteiger partial charge in [0.2, 0.25) is 0 Å². The molecule has 2 rings (SSSR count). The molecule has 0 aliphatic carbocycles. The van der Waals surface area contributed by atoms with Crippen molar-refractivity contribution in [3.05, 3.63) is 71.3 Å². The largest absolute Gasteiger partial charge is 0.488 e. The highest BCUT2D eigenvalue weighted by Gasteiger charge is 2.11. The summed E-state index contributed by atoms with van der Waals surface area (Å²) in [5.41, 5.74) is 0.985. The molecule has 0 atom stereocenters. The van der Waals surface area contributed by atoms with E-state index in [-0.39, 0.29) is 11.2 Å². The number of carbonyl (C=O) groups is 1. The van der Waals surface area contributed by atoms with Crippen LogP contribution in [0.2, 0.25) is 0 Å². The van der Waals surface area contributed by atoms with Gasteiger partial charge in [0.15, 0.2) is 17.4 Å². The highest BCUT2D eigenvalue weighted by molar-refractivity contribution is 6.58. The van der Waals surface area contributed by atoms with E-state index >= 15 is 0 Å². The number of halogens is 2. The Kier molecular flexibility index (Phi) is 4.62. The quantitative estimate of drug-likeness (QED) is 0.510. The van der Waals surface area contributed by atoms with Crippen LogP contribution in [0.15, 0.2) is 48.5 Å². The van der Waals surface area contributed by atoms with Crippen LogP contribution in [0.5, 0.6) is 0 Å². The summed E-state index contributed by atoms with van der Waals surface area (Å²) < 4.78 is 25.8. The van der Waals surface area contributed by atoms with Gasteiger partial charge in [0, 0.05) is 5.56 Å². The second-order valence-electron chi connectivity index (χ2n) is 4.37. The monoisotopic (exact) mass is 288 g/mol. The predicted molar refractivity (Wildman–Crippen MR) is 76.0 cm³/mol. The van der Waals surface area contributed by atoms with Crippen molar-refractivity contribution in [2.24, 2.45) is 0 Å². The lowest BCUT2D eigenvalue weighted by Crippen LogP contribution is -2.29. The molecule has 21 heavy (non-hydrogen) atoms. The third kappa shape index (κ3) is 3.84. The molecule has 0 saturated heterocycles. The van der Waals surface area contributed by atoms with Gasteiger partial charge in [-0.15, -0.1) is 0 Å². The van der Waals surface area contributed by atoms with E-state index in [2.05, 4.69) is 0 Å². The second kappa shape index (κ2) is 6.43. The lowest BCUT2D eigenvalue weighted by molar-refractivity contribution is 0.104. The van der Waals surface area contributed by atoms with Crippen LogP contribution < -0.4 is 5.46 Å². The molecule has 0 amide bonds. The normalized spacial score (nSPS) is 10.9. The fourth-order valence-electron chi connectivity index (χ4n) is 1.70. The first-order valence-electron chi connectivity index (χ1n) is 6.11. The Morgan fingerprint density at radius 3 is 2.24 bits per heavy atom. The van der Waals surface area contributed by atoms with E-state index in [1.165, 1.54) is 42.5 Å². The molecule has 2 N–H and O–H groups in total. The fourth-order valence-corrected chi connectivity index (χ4v) is 1.70. The van der Waals surface area contributed by atoms with Crippen LogP contribution in [0.3, 0.4) is 0 Å². The third-order valence-electron chi connectivity index (χ3n) is 2.86. The average molecular weight is 288 g/mol. The van der Waals surface area contributed by atoms with Crippen molar-refractivity contribution in [1.29, 1.82) is 0 Å². The molecule has 0 heterocycles. The van der Waals surface area contributed by atoms with Gasteiger partial charge < -0.3 is 10.0 Å². The molecule has 6 heteroatoms. The molecular formula is C15H11BF2O3. The van der Waals surface area contributed by atoms with Crippen molar-refractivity contribution in [2.75, 3.05) is 0 Å². The predicted octanol–water partition coefficient (Wildman–Crippen LogP) is 1.54. The van der Waals surface area contributed by atoms with Crippen molar-refractivity contribution in [3.63, 3.8) is 0 Å². The van der Waals surface area contributed by atoms with Gasteiger partial charge in [-0.05, 0) is 29.2 Å². The Bertz CT molecular complexity index is 682. The van der Waals surface area contributed by atoms with Crippen LogP contribution in [-0.4, -0.2) is 22.9 Å². The number of allylic oxidation sites excluding steroid dienone is 1. The molecule has 0 fully saturated rings. The van der Waals surface area contributed by atoms with Crippen LogP contribution in [0.25, 0.3) is 6.08 Å². The van der Waals surface area contributed by atoms with Crippen LogP contribution in [0.4, 0.5) is 8.78 Å². The number of benzene rings is 2. The molecule has 0 bridgehead atoms. The third-order valence-corrected chi connectivity index (χ3v) is 2.86. The molecule has 0 aliphatic heterocycles. The van der Waals surface area contributed by atoms with Crippen molar-refractivity contribution in [3.8, 4) is 0 Å². The topological polar surface area (TPSA) is 57.5 Å². The van der Waals surface area contributed by atoms with Gasteiger partial charge in [0.1, 0.15) is 0 Å². The lowest BCUT2D eigenvalue weighted by Gasteiger charge is -2.00. The first-order valence-corrected chi connectivity index (χ1v) is 6.11. The molecule has 0 aliphatic rings. The fraction of sp³-hybridized carbons (Fsp3) is 0. The van der Waals surface area contributed by atoms with Crippen LogP contribution in [0.1, 0.15) is 15.9 Å². The number of rotatable bonds is 4. The van der Waals surface area contributed by atoms with Gasteiger partial charge in [-0.1, -0.05) is 36.4 Å². The minimum atomic E-state index is -1.59. The minimum Gasteiger partial charge on any atom is -0.423 e. The molecule has 2 aromatic rings. The van der Waals surface area contributed by atoms with Crippen LogP contribution >= 0.6 is 0 Å². The zero-order valence-electron chi connectivity index (χ0n) is 10.8. The first-order chi connectivity index (χ1) is 9.97. The maximum absolute atomic E-state index is 13.0. The Labute approximate surface area is 120 Å². The molecule has 2 aromatic carbocycles. The smallest absolute Gasteiger partial charge is 0.423 e. The summed E-state index contributed by atoms with van der Waals surface area (Å²) in [6.45, 7) is 0. The Morgan fingerprint density at radius 2 is 1.67 bits per heavy atom. The number of hydrogen-bond acceptors (Lipinski definition) is 3. The second-order valence-corrected chi connectivity index (χ2v) is 4.37. The summed E-state index contributed by atoms with van der Waals surface area (Å²) in [7, 11) is -1.59. The molecule has 106 valence electrons. The summed E-state index contributed by atoms with van der Waals surface area (Å²) in [5, 5.41) is 17.9. The minimum absolute atomic E-state index is 0.274. The first kappa shape index (κ1) is 15.1. The number of ketones is 1. The highest BCUT2D eigenvalue weighted by atomic mass is 19.2. The van der Waals surface area contributed by atoms with E-state index in [9.17, 15) is 13.6 Å². The van der Waals surface area contributed by atoms with Crippen LogP contribution in [-0.2, 0) is 0 Å². The summed E-state index contributed by atoms with van der Waals surface area (Å²) in [4.78, 5) is 11.9. The van der Waals surface area contributed by atoms with Crippen molar-refractivity contribution in [1.82, 2.24) is 0 Å². The van der Waals surface area contributed by atoms with Gasteiger partial charge in [0.25, 0.3) is 0 Å². The van der Waals surface area contributed by atoms with Crippen molar-refractivity contribution < 1.29 is 23.6 Å². The highest BCUT2D eigenvalue weighted by Crippen LogP contribution is 2.11. The SMILES string of the molecule is O=C(C=Cc1ccc(F)c(F)c1)c1ccc(B(O)O)cc1. The molecule has 0 saturated carbocycles. The van der Waals surface area contributed by atoms with Gasteiger partial charge in [-0.25, -0.2) is 8.78 Å². The Hall–Kier alpha value is -2.31. The molecule has 3 nitrogen and oxygen atoms in total. The summed E-state index contributed by atoms with van der Waals surface area (Å²) in [6.07, 6.45) is 2.61. The average Bonchev–Trinajstić information content (AvgIpc) is 2.48. The van der Waals surface area contributed by atoms with Gasteiger partial charge in [-0.3, -0.25) is 4.79 Å². The van der Waals surface area contributed by atoms with Crippen molar-refractivity contribution in [2.45, 2.75) is 0 Å². The lowest BCUT2D eigenvalue weighted by atomic mass is 9.80. The van der Waals surface area contributed by atoms with E-state index < -0.39 is 18.8 Å². The maximum Gasteiger partial charge on any atom is 0.488 e. The van der Waals surface area contributed by atoms with Gasteiger partial charge in [-0.2, -0.15) is 0 Å². The van der Waals surface area contributed by atoms with Gasteiger partial charge in [0.05, 0.1) is 0 Å². The zero-order chi connectivity index (χ0) is 15.4. The van der Waals surface area contributed by atoms with E-state index in [0.29, 0.717) is 11.1 Å². The summed E-state index contributed by atoms with van der Waals surface area (Å²) in [6, 6.07) is 9.07. The van der Waals surface area contributed by atoms with E-state index in [1.54, 1.807) is 0 Å². The summed E-state index contributed by atoms with van der Waals surface area (Å²) in [5.74, 6) is -2.26. The Morgan fingerprint density at radius 1 is 1.00 bits per heavy atom. The Balaban J connectivity index is 2.13. The van der Waals surface area contributed by atoms with Gasteiger partial charge >= 0.3 is 7.12 Å². The standard InChI is InChI=1S/C15H11BF2O3/c17-13-7-1-10(9-14(13)18)2-8-15(19)11-3-5-12(6-4-11)16(20)21/h1-9,20-21H. The zero-order valence-corrected chi connectivity index (χ0v) is 10.8. The van der Waals surface area contributed by atoms with E-state index in [4.69, 9.17) is 10.0 Å². The molecular weight excluding hydrogens is 277 g/mol. The molecule has 0 radical (unpaired) electrons.